The maximum Gasteiger partial charge on any atom is 0.325 e. The number of carboxylic acid groups (broad SMARTS) is 1. The highest BCUT2D eigenvalue weighted by Crippen LogP contribution is 2.35. The van der Waals surface area contributed by atoms with Crippen molar-refractivity contribution in [2.75, 3.05) is 14.2 Å². The second-order valence-electron chi connectivity index (χ2n) is 3.54. The van der Waals surface area contributed by atoms with Crippen molar-refractivity contribution in [3.8, 4) is 11.5 Å². The number of methoxy groups -OCH3 is 2. The minimum atomic E-state index is -1.06. The van der Waals surface area contributed by atoms with Gasteiger partial charge < -0.3 is 20.3 Å². The SMILES string of the molecule is CCc1c(C(N)C(=O)O)ccc(OC)c1OC. The normalized spacial score (nSPS) is 12.0. The lowest BCUT2D eigenvalue weighted by atomic mass is 9.97. The summed E-state index contributed by atoms with van der Waals surface area (Å²) in [6.07, 6.45) is 0.622. The van der Waals surface area contributed by atoms with Crippen LogP contribution in [0.4, 0.5) is 0 Å². The smallest absolute Gasteiger partial charge is 0.325 e. The molecule has 1 atom stereocenters. The van der Waals surface area contributed by atoms with Gasteiger partial charge in [-0.15, -0.1) is 0 Å². The van der Waals surface area contributed by atoms with Crippen molar-refractivity contribution < 1.29 is 19.4 Å². The van der Waals surface area contributed by atoms with E-state index in [9.17, 15) is 4.79 Å². The summed E-state index contributed by atoms with van der Waals surface area (Å²) in [5.74, 6) is 0.0572. The van der Waals surface area contributed by atoms with Gasteiger partial charge in [-0.2, -0.15) is 0 Å². The van der Waals surface area contributed by atoms with Gasteiger partial charge in [0.2, 0.25) is 0 Å². The summed E-state index contributed by atoms with van der Waals surface area (Å²) in [6, 6.07) is 2.28. The fourth-order valence-electron chi connectivity index (χ4n) is 1.80. The van der Waals surface area contributed by atoms with E-state index in [4.69, 9.17) is 20.3 Å². The summed E-state index contributed by atoms with van der Waals surface area (Å²) in [4.78, 5) is 10.9. The molecule has 0 saturated heterocycles. The van der Waals surface area contributed by atoms with Crippen LogP contribution in [0.5, 0.6) is 11.5 Å². The first-order valence-corrected chi connectivity index (χ1v) is 5.28. The quantitative estimate of drug-likeness (QED) is 0.810. The molecule has 0 amide bonds. The van der Waals surface area contributed by atoms with Crippen LogP contribution in [0.3, 0.4) is 0 Å². The summed E-state index contributed by atoms with van der Waals surface area (Å²) in [6.45, 7) is 1.91. The topological polar surface area (TPSA) is 81.8 Å². The molecule has 0 aliphatic rings. The molecule has 5 nitrogen and oxygen atoms in total. The Morgan fingerprint density at radius 1 is 1.41 bits per heavy atom. The van der Waals surface area contributed by atoms with E-state index in [1.165, 1.54) is 14.2 Å². The van der Waals surface area contributed by atoms with Gasteiger partial charge >= 0.3 is 5.97 Å². The zero-order valence-corrected chi connectivity index (χ0v) is 10.2. The molecule has 0 bridgehead atoms. The Hall–Kier alpha value is -1.75. The highest BCUT2D eigenvalue weighted by atomic mass is 16.5. The van der Waals surface area contributed by atoms with Crippen LogP contribution in [-0.4, -0.2) is 25.3 Å². The molecule has 0 fully saturated rings. The summed E-state index contributed by atoms with van der Waals surface area (Å²) in [5.41, 5.74) is 6.95. The van der Waals surface area contributed by atoms with Gasteiger partial charge in [-0.3, -0.25) is 4.79 Å². The monoisotopic (exact) mass is 239 g/mol. The van der Waals surface area contributed by atoms with E-state index in [0.29, 0.717) is 23.5 Å². The molecule has 5 heteroatoms. The zero-order chi connectivity index (χ0) is 13.0. The first-order chi connectivity index (χ1) is 8.06. The number of nitrogens with two attached hydrogens (primary N) is 1. The number of hydrogen-bond acceptors (Lipinski definition) is 4. The fourth-order valence-corrected chi connectivity index (χ4v) is 1.80. The molecule has 1 rings (SSSR count). The number of rotatable bonds is 5. The Morgan fingerprint density at radius 3 is 2.47 bits per heavy atom. The van der Waals surface area contributed by atoms with Crippen molar-refractivity contribution >= 4 is 5.97 Å². The van der Waals surface area contributed by atoms with E-state index in [2.05, 4.69) is 0 Å². The summed E-state index contributed by atoms with van der Waals surface area (Å²) >= 11 is 0. The molecule has 0 saturated carbocycles. The number of carboxylic acids is 1. The summed E-state index contributed by atoms with van der Waals surface area (Å²) < 4.78 is 10.4. The highest BCUT2D eigenvalue weighted by molar-refractivity contribution is 5.76. The molecular weight excluding hydrogens is 222 g/mol. The van der Waals surface area contributed by atoms with Gasteiger partial charge in [0.05, 0.1) is 14.2 Å². The fraction of sp³-hybridized carbons (Fsp3) is 0.417. The maximum absolute atomic E-state index is 10.9. The minimum absolute atomic E-state index is 0.546. The molecule has 17 heavy (non-hydrogen) atoms. The standard InChI is InChI=1S/C12H17NO4/c1-4-7-8(10(13)12(14)15)5-6-9(16-2)11(7)17-3/h5-6,10H,4,13H2,1-3H3,(H,14,15). The molecule has 0 radical (unpaired) electrons. The van der Waals surface area contributed by atoms with Crippen molar-refractivity contribution in [3.05, 3.63) is 23.3 Å². The third kappa shape index (κ3) is 2.50. The molecule has 1 unspecified atom stereocenters. The minimum Gasteiger partial charge on any atom is -0.493 e. The molecule has 94 valence electrons. The van der Waals surface area contributed by atoms with E-state index in [1.54, 1.807) is 12.1 Å². The maximum atomic E-state index is 10.9. The average Bonchev–Trinajstić information content (AvgIpc) is 2.35. The first kappa shape index (κ1) is 13.3. The van der Waals surface area contributed by atoms with Gasteiger partial charge in [-0.05, 0) is 18.1 Å². The van der Waals surface area contributed by atoms with Crippen LogP contribution in [0.1, 0.15) is 24.1 Å². The third-order valence-corrected chi connectivity index (χ3v) is 2.64. The van der Waals surface area contributed by atoms with E-state index in [0.717, 1.165) is 5.56 Å². The molecule has 0 aliphatic carbocycles. The number of hydrogen-bond donors (Lipinski definition) is 2. The second-order valence-corrected chi connectivity index (χ2v) is 3.54. The number of ether oxygens (including phenoxy) is 2. The van der Waals surface area contributed by atoms with E-state index in [-0.39, 0.29) is 0 Å². The van der Waals surface area contributed by atoms with Crippen molar-refractivity contribution in [2.45, 2.75) is 19.4 Å². The van der Waals surface area contributed by atoms with E-state index in [1.807, 2.05) is 6.92 Å². The van der Waals surface area contributed by atoms with Crippen molar-refractivity contribution in [1.82, 2.24) is 0 Å². The molecule has 0 aliphatic heterocycles. The lowest BCUT2D eigenvalue weighted by molar-refractivity contribution is -0.138. The van der Waals surface area contributed by atoms with Gasteiger partial charge in [0.1, 0.15) is 6.04 Å². The Balaban J connectivity index is 3.37. The predicted octanol–water partition coefficient (Wildman–Crippen LogP) is 1.35. The molecule has 0 aromatic heterocycles. The van der Waals surface area contributed by atoms with Gasteiger partial charge in [0.15, 0.2) is 11.5 Å². The largest absolute Gasteiger partial charge is 0.493 e. The van der Waals surface area contributed by atoms with Gasteiger partial charge in [0.25, 0.3) is 0 Å². The Kier molecular flexibility index (Phi) is 4.34. The van der Waals surface area contributed by atoms with Crippen molar-refractivity contribution in [2.24, 2.45) is 5.73 Å². The first-order valence-electron chi connectivity index (χ1n) is 5.28. The lowest BCUT2D eigenvalue weighted by Crippen LogP contribution is -2.22. The van der Waals surface area contributed by atoms with Crippen LogP contribution in [0.25, 0.3) is 0 Å². The number of carbonyl (C=O) groups is 1. The van der Waals surface area contributed by atoms with Crippen LogP contribution >= 0.6 is 0 Å². The van der Waals surface area contributed by atoms with Crippen LogP contribution < -0.4 is 15.2 Å². The Morgan fingerprint density at radius 2 is 2.06 bits per heavy atom. The Labute approximate surface area is 100 Å². The molecule has 1 aromatic carbocycles. The highest BCUT2D eigenvalue weighted by Gasteiger charge is 2.21. The van der Waals surface area contributed by atoms with Crippen molar-refractivity contribution in [3.63, 3.8) is 0 Å². The number of benzene rings is 1. The third-order valence-electron chi connectivity index (χ3n) is 2.64. The Bertz CT molecular complexity index is 417. The second kappa shape index (κ2) is 5.54. The van der Waals surface area contributed by atoms with Crippen molar-refractivity contribution in [1.29, 1.82) is 0 Å². The van der Waals surface area contributed by atoms with Gasteiger partial charge in [-0.1, -0.05) is 13.0 Å². The molecule has 0 heterocycles. The van der Waals surface area contributed by atoms with E-state index < -0.39 is 12.0 Å². The van der Waals surface area contributed by atoms with Crippen LogP contribution in [0.15, 0.2) is 12.1 Å². The van der Waals surface area contributed by atoms with E-state index >= 15 is 0 Å². The van der Waals surface area contributed by atoms with Crippen LogP contribution in [0.2, 0.25) is 0 Å². The lowest BCUT2D eigenvalue weighted by Gasteiger charge is -2.17. The summed E-state index contributed by atoms with van der Waals surface area (Å²) in [7, 11) is 3.06. The average molecular weight is 239 g/mol. The molecule has 1 aromatic rings. The van der Waals surface area contributed by atoms with Crippen LogP contribution in [0, 0.1) is 0 Å². The predicted molar refractivity (Wildman–Crippen MR) is 63.5 cm³/mol. The number of aliphatic carboxylic acids is 1. The van der Waals surface area contributed by atoms with Crippen LogP contribution in [-0.2, 0) is 11.2 Å². The zero-order valence-electron chi connectivity index (χ0n) is 10.2. The van der Waals surface area contributed by atoms with Gasteiger partial charge in [-0.25, -0.2) is 0 Å². The molecule has 3 N–H and O–H groups in total. The molecule has 0 spiro atoms. The summed E-state index contributed by atoms with van der Waals surface area (Å²) in [5, 5.41) is 8.95. The van der Waals surface area contributed by atoms with Gasteiger partial charge in [0, 0.05) is 5.56 Å². The molecular formula is C12H17NO4.